The largest absolute Gasteiger partial charge is 0.684 e. The Bertz CT molecular complexity index is 308. The third-order valence-electron chi connectivity index (χ3n) is 2.45. The van der Waals surface area contributed by atoms with Gasteiger partial charge in [-0.15, -0.1) is 12.2 Å². The summed E-state index contributed by atoms with van der Waals surface area (Å²) >= 11 is 0. The van der Waals surface area contributed by atoms with Crippen LogP contribution in [0.15, 0.2) is 18.2 Å². The maximum absolute atomic E-state index is 4.44. The Balaban J connectivity index is 0.000000511. The summed E-state index contributed by atoms with van der Waals surface area (Å²) in [6.07, 6.45) is 3.14. The van der Waals surface area contributed by atoms with Crippen LogP contribution in [0.3, 0.4) is 0 Å². The van der Waals surface area contributed by atoms with Crippen LogP contribution < -0.4 is 0 Å². The number of nitrogens with zero attached hydrogens (tertiary/aromatic N) is 1. The van der Waals surface area contributed by atoms with Crippen molar-refractivity contribution in [1.82, 2.24) is 0 Å². The Kier molecular flexibility index (Phi) is 8.31. The summed E-state index contributed by atoms with van der Waals surface area (Å²) in [6, 6.07) is 6.46. The smallest absolute Gasteiger partial charge is 0 e. The van der Waals surface area contributed by atoms with E-state index in [0.717, 1.165) is 13.0 Å². The Hall–Kier alpha value is 0.124. The van der Waals surface area contributed by atoms with Gasteiger partial charge in [0.15, 0.2) is 0 Å². The van der Waals surface area contributed by atoms with Crippen LogP contribution in [0.5, 0.6) is 0 Å². The average molecular weight is 292 g/mol. The molecule has 0 N–H and O–H groups in total. The molecule has 1 aromatic rings. The molecule has 16 heavy (non-hydrogen) atoms. The molecule has 1 radical (unpaired) electrons. The number of benzene rings is 1. The molecule has 0 saturated heterocycles. The Morgan fingerprint density at radius 2 is 1.88 bits per heavy atom. The third-order valence-corrected chi connectivity index (χ3v) is 2.45. The van der Waals surface area contributed by atoms with E-state index in [1.807, 2.05) is 20.3 Å². The van der Waals surface area contributed by atoms with E-state index < -0.39 is 0 Å². The first-order valence-corrected chi connectivity index (χ1v) is 5.74. The van der Waals surface area contributed by atoms with Crippen molar-refractivity contribution in [1.29, 1.82) is 0 Å². The van der Waals surface area contributed by atoms with Crippen molar-refractivity contribution in [2.24, 2.45) is 0 Å². The molecule has 87 valence electrons. The van der Waals surface area contributed by atoms with Gasteiger partial charge in [0.05, 0.1) is 0 Å². The fraction of sp³-hybridized carbons (Fsp3) is 0.500. The molecule has 1 nitrogen and oxygen atoms in total. The molecule has 1 heterocycles. The predicted octanol–water partition coefficient (Wildman–Crippen LogP) is 4.60. The molecule has 0 aliphatic carbocycles. The van der Waals surface area contributed by atoms with Gasteiger partial charge in [0.25, 0.3) is 0 Å². The van der Waals surface area contributed by atoms with Gasteiger partial charge in [-0.2, -0.15) is 13.8 Å². The zero-order chi connectivity index (χ0) is 11.3. The van der Waals surface area contributed by atoms with Crippen molar-refractivity contribution in [3.63, 3.8) is 0 Å². The third kappa shape index (κ3) is 4.18. The summed E-state index contributed by atoms with van der Waals surface area (Å²) in [7, 11) is 0. The summed E-state index contributed by atoms with van der Waals surface area (Å²) in [4.78, 5) is 0. The van der Waals surface area contributed by atoms with Gasteiger partial charge in [-0.25, -0.2) is 0 Å². The Morgan fingerprint density at radius 1 is 1.25 bits per heavy atom. The van der Waals surface area contributed by atoms with Crippen LogP contribution in [0.2, 0.25) is 0 Å². The normalized spacial score (nSPS) is 12.1. The van der Waals surface area contributed by atoms with Crippen molar-refractivity contribution in [3.8, 4) is 0 Å². The van der Waals surface area contributed by atoms with E-state index in [0.29, 0.717) is 5.92 Å². The Labute approximate surface area is 125 Å². The summed E-state index contributed by atoms with van der Waals surface area (Å²) in [6.45, 7) is 9.47. The van der Waals surface area contributed by atoms with Crippen LogP contribution in [-0.2, 0) is 39.1 Å². The maximum atomic E-state index is 4.44. The molecule has 2 rings (SSSR count). The summed E-state index contributed by atoms with van der Waals surface area (Å²) < 4.78 is 0. The minimum absolute atomic E-state index is 0. The van der Waals surface area contributed by atoms with E-state index in [1.165, 1.54) is 16.8 Å². The van der Waals surface area contributed by atoms with Crippen molar-refractivity contribution in [3.05, 3.63) is 41.1 Å². The van der Waals surface area contributed by atoms with E-state index in [9.17, 15) is 0 Å². The SMILES string of the molecule is CC(C)c1cccc2c1CC[N-]2.C[CH-]C.[Y]. The standard InChI is InChI=1S/C11H14N.C3H7.Y/c1-8(2)9-4-3-5-11-10(9)6-7-12-11;1-3-2;/h3-5,8H,6-7H2,1-2H3;3H,1-2H3;/q2*-1;. The molecule has 2 heteroatoms. The average Bonchev–Trinajstić information content (AvgIpc) is 2.65. The molecule has 0 saturated carbocycles. The van der Waals surface area contributed by atoms with E-state index >= 15 is 0 Å². The van der Waals surface area contributed by atoms with E-state index in [1.54, 1.807) is 0 Å². The van der Waals surface area contributed by atoms with Gasteiger partial charge in [0, 0.05) is 32.7 Å². The second-order valence-corrected chi connectivity index (χ2v) is 4.21. The minimum atomic E-state index is 0. The molecule has 1 aliphatic rings. The van der Waals surface area contributed by atoms with Crippen LogP contribution in [-0.4, -0.2) is 6.54 Å². The van der Waals surface area contributed by atoms with Gasteiger partial charge >= 0.3 is 0 Å². The maximum Gasteiger partial charge on any atom is 0 e. The molecular formula is C14H21NY-2. The number of fused-ring (bicyclic) bond motifs is 1. The van der Waals surface area contributed by atoms with E-state index in [-0.39, 0.29) is 32.7 Å². The molecule has 0 amide bonds. The predicted molar refractivity (Wildman–Crippen MR) is 67.8 cm³/mol. The molecule has 1 aliphatic heterocycles. The molecule has 0 unspecified atom stereocenters. The quantitative estimate of drug-likeness (QED) is 0.672. The molecule has 0 atom stereocenters. The van der Waals surface area contributed by atoms with Crippen LogP contribution in [0.4, 0.5) is 5.69 Å². The van der Waals surface area contributed by atoms with Gasteiger partial charge < -0.3 is 11.7 Å². The molecule has 0 aromatic heterocycles. The van der Waals surface area contributed by atoms with Gasteiger partial charge in [-0.05, 0) is 17.9 Å². The Morgan fingerprint density at radius 3 is 2.44 bits per heavy atom. The van der Waals surface area contributed by atoms with Crippen molar-refractivity contribution in [2.45, 2.75) is 40.0 Å². The molecule has 0 fully saturated rings. The van der Waals surface area contributed by atoms with Gasteiger partial charge in [0.1, 0.15) is 0 Å². The van der Waals surface area contributed by atoms with Crippen LogP contribution in [0, 0.1) is 6.42 Å². The van der Waals surface area contributed by atoms with Gasteiger partial charge in [0.2, 0.25) is 0 Å². The minimum Gasteiger partial charge on any atom is -0.684 e. The van der Waals surface area contributed by atoms with Crippen molar-refractivity contribution < 1.29 is 32.7 Å². The first-order chi connectivity index (χ1) is 7.20. The number of hydrogen-bond acceptors (Lipinski definition) is 0. The monoisotopic (exact) mass is 292 g/mol. The number of rotatable bonds is 1. The number of hydrogen-bond donors (Lipinski definition) is 0. The van der Waals surface area contributed by atoms with Crippen LogP contribution >= 0.6 is 0 Å². The summed E-state index contributed by atoms with van der Waals surface area (Å²) in [5.41, 5.74) is 4.18. The zero-order valence-corrected chi connectivity index (χ0v) is 13.7. The molecule has 0 spiro atoms. The first-order valence-electron chi connectivity index (χ1n) is 5.74. The van der Waals surface area contributed by atoms with Crippen LogP contribution in [0.1, 0.15) is 44.7 Å². The zero-order valence-electron chi connectivity index (χ0n) is 10.8. The van der Waals surface area contributed by atoms with Gasteiger partial charge in [-0.1, -0.05) is 37.6 Å². The molecular weight excluding hydrogens is 271 g/mol. The molecule has 1 aromatic carbocycles. The fourth-order valence-electron chi connectivity index (χ4n) is 1.84. The summed E-state index contributed by atoms with van der Waals surface area (Å²) in [5, 5.41) is 4.44. The molecule has 0 bridgehead atoms. The fourth-order valence-corrected chi connectivity index (χ4v) is 1.84. The van der Waals surface area contributed by atoms with Crippen molar-refractivity contribution in [2.75, 3.05) is 6.54 Å². The van der Waals surface area contributed by atoms with E-state index in [2.05, 4.69) is 37.4 Å². The second kappa shape index (κ2) is 8.25. The van der Waals surface area contributed by atoms with Crippen LogP contribution in [0.25, 0.3) is 5.32 Å². The topological polar surface area (TPSA) is 14.1 Å². The van der Waals surface area contributed by atoms with E-state index in [4.69, 9.17) is 0 Å². The second-order valence-electron chi connectivity index (χ2n) is 4.21. The van der Waals surface area contributed by atoms with Gasteiger partial charge in [-0.3, -0.25) is 0 Å². The van der Waals surface area contributed by atoms with Crippen molar-refractivity contribution >= 4 is 5.69 Å². The summed E-state index contributed by atoms with van der Waals surface area (Å²) in [5.74, 6) is 0.633. The first kappa shape index (κ1) is 16.1.